The van der Waals surface area contributed by atoms with Gasteiger partial charge >= 0.3 is 0 Å². The third-order valence-corrected chi connectivity index (χ3v) is 4.87. The van der Waals surface area contributed by atoms with E-state index in [0.717, 1.165) is 25.7 Å². The van der Waals surface area contributed by atoms with Gasteiger partial charge in [0.1, 0.15) is 0 Å². The zero-order chi connectivity index (χ0) is 21.6. The highest BCUT2D eigenvalue weighted by molar-refractivity contribution is 5.45. The zero-order valence-electron chi connectivity index (χ0n) is 18.0. The first-order chi connectivity index (χ1) is 14.6. The molecule has 0 spiro atoms. The van der Waals surface area contributed by atoms with Crippen LogP contribution < -0.4 is 0 Å². The molecule has 30 heavy (non-hydrogen) atoms. The summed E-state index contributed by atoms with van der Waals surface area (Å²) in [7, 11) is 0. The molecule has 0 fully saturated rings. The number of rotatable bonds is 8. The van der Waals surface area contributed by atoms with Gasteiger partial charge in [-0.3, -0.25) is 0 Å². The van der Waals surface area contributed by atoms with E-state index in [0.29, 0.717) is 11.1 Å². The highest BCUT2D eigenvalue weighted by atomic mass is 19.2. The molecule has 0 aliphatic rings. The van der Waals surface area contributed by atoms with Crippen molar-refractivity contribution in [1.29, 1.82) is 0 Å². The Morgan fingerprint density at radius 1 is 0.600 bits per heavy atom. The van der Waals surface area contributed by atoms with Gasteiger partial charge in [-0.1, -0.05) is 75.6 Å². The molecule has 0 bridgehead atoms. The van der Waals surface area contributed by atoms with E-state index in [1.165, 1.54) is 36.8 Å². The second-order valence-corrected chi connectivity index (χ2v) is 7.44. The summed E-state index contributed by atoms with van der Waals surface area (Å²) < 4.78 is 27.9. The summed E-state index contributed by atoms with van der Waals surface area (Å²) >= 11 is 0. The van der Waals surface area contributed by atoms with Crippen molar-refractivity contribution < 1.29 is 8.78 Å². The van der Waals surface area contributed by atoms with E-state index in [9.17, 15) is 8.78 Å². The van der Waals surface area contributed by atoms with Crippen LogP contribution in [0.2, 0.25) is 0 Å². The summed E-state index contributed by atoms with van der Waals surface area (Å²) in [6.07, 6.45) is 9.20. The van der Waals surface area contributed by atoms with Crippen molar-refractivity contribution in [2.24, 2.45) is 0 Å². The molecule has 0 nitrogen and oxygen atoms in total. The number of hydrogen-bond donors (Lipinski definition) is 0. The molecule has 0 saturated carbocycles. The molecular weight excluding hydrogens is 374 g/mol. The SMILES string of the molecule is CCCCCCc1ccc(C#C/C(F)=C(\F)C#Cc2ccc(CCCC)cc2)cc1. The lowest BCUT2D eigenvalue weighted by Crippen LogP contribution is -1.86. The number of benzene rings is 2. The van der Waals surface area contributed by atoms with E-state index in [4.69, 9.17) is 0 Å². The van der Waals surface area contributed by atoms with Gasteiger partial charge < -0.3 is 0 Å². The van der Waals surface area contributed by atoms with Crippen LogP contribution in [0.5, 0.6) is 0 Å². The molecule has 2 rings (SSSR count). The molecule has 0 atom stereocenters. The van der Waals surface area contributed by atoms with Gasteiger partial charge in [0.15, 0.2) is 0 Å². The normalized spacial score (nSPS) is 11.1. The zero-order valence-corrected chi connectivity index (χ0v) is 18.0. The Morgan fingerprint density at radius 2 is 1.03 bits per heavy atom. The molecule has 0 radical (unpaired) electrons. The summed E-state index contributed by atoms with van der Waals surface area (Å²) in [6.45, 7) is 4.35. The lowest BCUT2D eigenvalue weighted by molar-refractivity contribution is 0.584. The molecule has 2 heteroatoms. The van der Waals surface area contributed by atoms with Crippen LogP contribution in [0, 0.1) is 23.7 Å². The van der Waals surface area contributed by atoms with Crippen molar-refractivity contribution in [3.8, 4) is 23.7 Å². The van der Waals surface area contributed by atoms with Crippen molar-refractivity contribution >= 4 is 0 Å². The Hall–Kier alpha value is -2.84. The number of unbranched alkanes of at least 4 members (excludes halogenated alkanes) is 4. The molecule has 0 aromatic heterocycles. The fourth-order valence-electron chi connectivity index (χ4n) is 3.01. The van der Waals surface area contributed by atoms with Crippen molar-refractivity contribution in [2.75, 3.05) is 0 Å². The van der Waals surface area contributed by atoms with Crippen LogP contribution >= 0.6 is 0 Å². The Labute approximate surface area is 180 Å². The van der Waals surface area contributed by atoms with Gasteiger partial charge in [0, 0.05) is 11.1 Å². The maximum Gasteiger partial charge on any atom is 0.217 e. The lowest BCUT2D eigenvalue weighted by Gasteiger charge is -2.01. The summed E-state index contributed by atoms with van der Waals surface area (Å²) in [5.74, 6) is 7.51. The van der Waals surface area contributed by atoms with Gasteiger partial charge in [-0.2, -0.15) is 8.78 Å². The lowest BCUT2D eigenvalue weighted by atomic mass is 10.0. The minimum Gasteiger partial charge on any atom is -0.193 e. The van der Waals surface area contributed by atoms with Crippen LogP contribution in [0.3, 0.4) is 0 Å². The van der Waals surface area contributed by atoms with E-state index >= 15 is 0 Å². The van der Waals surface area contributed by atoms with Gasteiger partial charge in [-0.15, -0.1) is 0 Å². The first-order valence-corrected chi connectivity index (χ1v) is 10.9. The third kappa shape index (κ3) is 8.67. The fourth-order valence-corrected chi connectivity index (χ4v) is 3.01. The Kier molecular flexibility index (Phi) is 10.5. The quantitative estimate of drug-likeness (QED) is 0.312. The molecule has 0 heterocycles. The fraction of sp³-hybridized carbons (Fsp3) is 0.357. The van der Waals surface area contributed by atoms with Crippen molar-refractivity contribution in [2.45, 2.75) is 65.2 Å². The molecule has 0 aliphatic heterocycles. The van der Waals surface area contributed by atoms with Gasteiger partial charge in [-0.05, 0) is 72.9 Å². The van der Waals surface area contributed by atoms with E-state index in [-0.39, 0.29) is 0 Å². The average Bonchev–Trinajstić information content (AvgIpc) is 2.78. The van der Waals surface area contributed by atoms with E-state index < -0.39 is 11.7 Å². The van der Waals surface area contributed by atoms with Gasteiger partial charge in [0.05, 0.1) is 0 Å². The van der Waals surface area contributed by atoms with Gasteiger partial charge in [0.2, 0.25) is 11.7 Å². The van der Waals surface area contributed by atoms with Crippen LogP contribution in [0.1, 0.15) is 74.6 Å². The molecular formula is C28H30F2. The van der Waals surface area contributed by atoms with Crippen LogP contribution in [0.15, 0.2) is 60.2 Å². The topological polar surface area (TPSA) is 0 Å². The first kappa shape index (κ1) is 23.4. The minimum atomic E-state index is -1.13. The monoisotopic (exact) mass is 404 g/mol. The van der Waals surface area contributed by atoms with Crippen LogP contribution in [-0.4, -0.2) is 0 Å². The Morgan fingerprint density at radius 3 is 1.47 bits per heavy atom. The first-order valence-electron chi connectivity index (χ1n) is 10.9. The Balaban J connectivity index is 1.96. The summed E-state index contributed by atoms with van der Waals surface area (Å²) in [6, 6.07) is 15.3. The van der Waals surface area contributed by atoms with E-state index in [2.05, 4.69) is 37.5 Å². The summed E-state index contributed by atoms with van der Waals surface area (Å²) in [5, 5.41) is 0. The van der Waals surface area contributed by atoms with Crippen LogP contribution in [0.25, 0.3) is 0 Å². The summed E-state index contributed by atoms with van der Waals surface area (Å²) in [5.41, 5.74) is 3.78. The molecule has 156 valence electrons. The molecule has 0 amide bonds. The molecule has 0 N–H and O–H groups in total. The standard InChI is InChI=1S/C28H30F2/c1-3-5-7-8-10-24-13-17-26(18-14-24)20-22-28(30)27(29)21-19-25-15-11-23(12-16-25)9-6-4-2/h11-18H,3-10H2,1-2H3/b28-27+. The van der Waals surface area contributed by atoms with E-state index in [1.54, 1.807) is 0 Å². The van der Waals surface area contributed by atoms with Crippen LogP contribution in [0.4, 0.5) is 8.78 Å². The second-order valence-electron chi connectivity index (χ2n) is 7.44. The molecule has 0 unspecified atom stereocenters. The number of allylic oxidation sites excluding steroid dienone is 2. The number of aryl methyl sites for hydroxylation is 2. The third-order valence-electron chi connectivity index (χ3n) is 4.87. The van der Waals surface area contributed by atoms with Crippen LogP contribution in [-0.2, 0) is 12.8 Å². The molecule has 2 aromatic rings. The maximum absolute atomic E-state index is 13.9. The summed E-state index contributed by atoms with van der Waals surface area (Å²) in [4.78, 5) is 0. The van der Waals surface area contributed by atoms with Crippen molar-refractivity contribution in [1.82, 2.24) is 0 Å². The average molecular weight is 405 g/mol. The molecule has 0 saturated heterocycles. The smallest absolute Gasteiger partial charge is 0.193 e. The second kappa shape index (κ2) is 13.4. The van der Waals surface area contributed by atoms with Gasteiger partial charge in [0.25, 0.3) is 0 Å². The van der Waals surface area contributed by atoms with E-state index in [1.807, 2.05) is 48.5 Å². The van der Waals surface area contributed by atoms with Crippen molar-refractivity contribution in [3.05, 3.63) is 82.4 Å². The number of hydrogen-bond acceptors (Lipinski definition) is 0. The molecule has 0 aliphatic carbocycles. The number of halogens is 2. The van der Waals surface area contributed by atoms with Crippen molar-refractivity contribution in [3.63, 3.8) is 0 Å². The predicted octanol–water partition coefficient (Wildman–Crippen LogP) is 7.71. The molecule has 2 aromatic carbocycles. The maximum atomic E-state index is 13.9. The van der Waals surface area contributed by atoms with Gasteiger partial charge in [-0.25, -0.2) is 0 Å². The highest BCUT2D eigenvalue weighted by Gasteiger charge is 2.00. The minimum absolute atomic E-state index is 0.653. The Bertz CT molecular complexity index is 927. The highest BCUT2D eigenvalue weighted by Crippen LogP contribution is 2.11. The largest absolute Gasteiger partial charge is 0.217 e. The predicted molar refractivity (Wildman–Crippen MR) is 122 cm³/mol.